The van der Waals surface area contributed by atoms with Gasteiger partial charge in [0, 0.05) is 16.7 Å². The normalized spacial score (nSPS) is 11.0. The molecule has 0 saturated heterocycles. The van der Waals surface area contributed by atoms with Crippen molar-refractivity contribution in [2.75, 3.05) is 14.2 Å². The van der Waals surface area contributed by atoms with Gasteiger partial charge < -0.3 is 9.47 Å². The molecule has 0 atom stereocenters. The lowest BCUT2D eigenvalue weighted by molar-refractivity contribution is -0.385. The summed E-state index contributed by atoms with van der Waals surface area (Å²) in [5.74, 6) is 0.322. The zero-order valence-corrected chi connectivity index (χ0v) is 18.6. The van der Waals surface area contributed by atoms with Crippen LogP contribution in [-0.4, -0.2) is 31.1 Å². The molecule has 0 aliphatic heterocycles. The first-order valence-corrected chi connectivity index (χ1v) is 10.4. The summed E-state index contributed by atoms with van der Waals surface area (Å²) in [5, 5.41) is 12.3. The fourth-order valence-corrected chi connectivity index (χ4v) is 4.09. The summed E-state index contributed by atoms with van der Waals surface area (Å²) in [7, 11) is 2.84. The number of carbonyl (C=O) groups is 1. The molecule has 3 rings (SSSR count). The number of nitro benzene ring substituents is 1. The van der Waals surface area contributed by atoms with E-state index in [2.05, 4.69) is 4.99 Å². The van der Waals surface area contributed by atoms with Crippen LogP contribution in [0.3, 0.4) is 0 Å². The Morgan fingerprint density at radius 3 is 2.45 bits per heavy atom. The number of hydrogen-bond acceptors (Lipinski definition) is 7. The number of methoxy groups -OCH3 is 2. The molecule has 0 radical (unpaired) electrons. The minimum atomic E-state index is -0.523. The molecule has 0 aliphatic carbocycles. The van der Waals surface area contributed by atoms with Gasteiger partial charge in [-0.25, -0.2) is 4.99 Å². The van der Waals surface area contributed by atoms with Gasteiger partial charge in [-0.15, -0.1) is 11.3 Å². The van der Waals surface area contributed by atoms with E-state index in [1.54, 1.807) is 30.3 Å². The van der Waals surface area contributed by atoms with Gasteiger partial charge >= 0.3 is 0 Å². The zero-order valence-electron chi connectivity index (χ0n) is 17.0. The smallest absolute Gasteiger partial charge is 0.282 e. The molecule has 0 aliphatic rings. The molecule has 0 amide bonds. The third kappa shape index (κ3) is 4.76. The Labute approximate surface area is 188 Å². The number of ether oxygens (including phenoxy) is 2. The first-order chi connectivity index (χ1) is 14.9. The molecular formula is C22H19ClN2O5S. The maximum absolute atomic E-state index is 13.1. The Balaban J connectivity index is 2.07. The van der Waals surface area contributed by atoms with Gasteiger partial charge in [-0.05, 0) is 30.7 Å². The van der Waals surface area contributed by atoms with Crippen molar-refractivity contribution in [3.8, 4) is 11.5 Å². The lowest BCUT2D eigenvalue weighted by Crippen LogP contribution is -2.01. The summed E-state index contributed by atoms with van der Waals surface area (Å²) in [6.07, 6.45) is 2.08. The topological polar surface area (TPSA) is 91.0 Å². The van der Waals surface area contributed by atoms with E-state index in [9.17, 15) is 14.9 Å². The van der Waals surface area contributed by atoms with Crippen molar-refractivity contribution in [3.63, 3.8) is 0 Å². The van der Waals surface area contributed by atoms with E-state index in [1.165, 1.54) is 43.9 Å². The van der Waals surface area contributed by atoms with Crippen LogP contribution in [0.2, 0.25) is 5.02 Å². The Hall–Kier alpha value is -3.23. The van der Waals surface area contributed by atoms with Gasteiger partial charge in [0.2, 0.25) is 0 Å². The maximum Gasteiger partial charge on any atom is 0.282 e. The minimum Gasteiger partial charge on any atom is -0.493 e. The molecular weight excluding hydrogens is 440 g/mol. The van der Waals surface area contributed by atoms with Crippen molar-refractivity contribution in [3.05, 3.63) is 79.2 Å². The van der Waals surface area contributed by atoms with E-state index in [1.807, 2.05) is 6.92 Å². The summed E-state index contributed by atoms with van der Waals surface area (Å²) >= 11 is 7.55. The molecule has 0 spiro atoms. The molecule has 0 fully saturated rings. The number of hydrogen-bond donors (Lipinski definition) is 0. The van der Waals surface area contributed by atoms with Crippen molar-refractivity contribution in [2.45, 2.75) is 13.3 Å². The number of nitro groups is 1. The fraction of sp³-hybridized carbons (Fsp3) is 0.182. The van der Waals surface area contributed by atoms with Crippen LogP contribution in [0.15, 0.2) is 47.5 Å². The van der Waals surface area contributed by atoms with Crippen LogP contribution in [0.25, 0.3) is 0 Å². The van der Waals surface area contributed by atoms with E-state index in [-0.39, 0.29) is 22.8 Å². The van der Waals surface area contributed by atoms with Crippen molar-refractivity contribution >= 4 is 45.6 Å². The standard InChI is InChI=1S/C22H19ClN2O5S/c1-4-14-10-16(21(26)15-7-5-6-8-17(15)23)22(31-14)24-12-13-9-19(29-2)20(30-3)11-18(13)25(27)28/h5-12H,4H2,1-3H3. The van der Waals surface area contributed by atoms with Crippen LogP contribution >= 0.6 is 22.9 Å². The number of ketones is 1. The number of rotatable bonds is 8. The average Bonchev–Trinajstić information content (AvgIpc) is 3.20. The highest BCUT2D eigenvalue weighted by Crippen LogP contribution is 2.36. The van der Waals surface area contributed by atoms with Gasteiger partial charge in [-0.3, -0.25) is 14.9 Å². The lowest BCUT2D eigenvalue weighted by atomic mass is 10.0. The monoisotopic (exact) mass is 458 g/mol. The molecule has 0 bridgehead atoms. The third-order valence-corrected chi connectivity index (χ3v) is 6.04. The number of aliphatic imine (C=N–C) groups is 1. The number of halogens is 1. The van der Waals surface area contributed by atoms with Crippen LogP contribution in [0.5, 0.6) is 11.5 Å². The number of aryl methyl sites for hydroxylation is 1. The summed E-state index contributed by atoms with van der Waals surface area (Å²) in [5.41, 5.74) is 0.811. The molecule has 9 heteroatoms. The number of thiophene rings is 1. The number of nitrogens with zero attached hydrogens (tertiary/aromatic N) is 2. The van der Waals surface area contributed by atoms with Gasteiger partial charge in [0.05, 0.1) is 41.4 Å². The number of carbonyl (C=O) groups excluding carboxylic acids is 1. The summed E-state index contributed by atoms with van der Waals surface area (Å²) < 4.78 is 10.4. The van der Waals surface area contributed by atoms with Crippen molar-refractivity contribution < 1.29 is 19.2 Å². The van der Waals surface area contributed by atoms with Crippen LogP contribution in [0.4, 0.5) is 10.7 Å². The second-order valence-corrected chi connectivity index (χ2v) is 7.90. The summed E-state index contributed by atoms with van der Waals surface area (Å²) in [6, 6.07) is 11.3. The van der Waals surface area contributed by atoms with E-state index < -0.39 is 4.92 Å². The third-order valence-electron chi connectivity index (χ3n) is 4.53. The highest BCUT2D eigenvalue weighted by atomic mass is 35.5. The second-order valence-electron chi connectivity index (χ2n) is 6.38. The van der Waals surface area contributed by atoms with E-state index in [0.717, 1.165) is 11.3 Å². The van der Waals surface area contributed by atoms with Gasteiger partial charge in [0.15, 0.2) is 17.3 Å². The molecule has 1 heterocycles. The molecule has 7 nitrogen and oxygen atoms in total. The van der Waals surface area contributed by atoms with E-state index in [0.29, 0.717) is 26.9 Å². The summed E-state index contributed by atoms with van der Waals surface area (Å²) in [6.45, 7) is 1.97. The second kappa shape index (κ2) is 9.72. The van der Waals surface area contributed by atoms with Crippen LogP contribution in [0.1, 0.15) is 33.3 Å². The molecule has 3 aromatic rings. The SMILES string of the molecule is CCc1cc(C(=O)c2ccccc2Cl)c(N=Cc2cc(OC)c(OC)cc2[N+](=O)[O-])s1. The van der Waals surface area contributed by atoms with Crippen molar-refractivity contribution in [1.82, 2.24) is 0 Å². The molecule has 2 aromatic carbocycles. The van der Waals surface area contributed by atoms with Gasteiger partial charge in [0.25, 0.3) is 5.69 Å². The van der Waals surface area contributed by atoms with Gasteiger partial charge in [-0.1, -0.05) is 30.7 Å². The Bertz CT molecular complexity index is 1170. The molecule has 0 unspecified atom stereocenters. The first-order valence-electron chi connectivity index (χ1n) is 9.26. The lowest BCUT2D eigenvalue weighted by Gasteiger charge is -2.08. The van der Waals surface area contributed by atoms with Gasteiger partial charge in [-0.2, -0.15) is 0 Å². The van der Waals surface area contributed by atoms with Crippen molar-refractivity contribution in [2.24, 2.45) is 4.99 Å². The molecule has 160 valence electrons. The quantitative estimate of drug-likeness (QED) is 0.182. The van der Waals surface area contributed by atoms with Crippen LogP contribution < -0.4 is 9.47 Å². The summed E-state index contributed by atoms with van der Waals surface area (Å²) in [4.78, 5) is 29.5. The molecule has 0 saturated carbocycles. The predicted molar refractivity (Wildman–Crippen MR) is 122 cm³/mol. The zero-order chi connectivity index (χ0) is 22.5. The van der Waals surface area contributed by atoms with E-state index in [4.69, 9.17) is 21.1 Å². The highest BCUT2D eigenvalue weighted by molar-refractivity contribution is 7.16. The fourth-order valence-electron chi connectivity index (χ4n) is 2.93. The Kier molecular flexibility index (Phi) is 7.04. The Morgan fingerprint density at radius 2 is 1.84 bits per heavy atom. The van der Waals surface area contributed by atoms with Crippen LogP contribution in [-0.2, 0) is 6.42 Å². The minimum absolute atomic E-state index is 0.187. The number of benzene rings is 2. The predicted octanol–water partition coefficient (Wildman–Crippen LogP) is 5.87. The van der Waals surface area contributed by atoms with Gasteiger partial charge in [0.1, 0.15) is 5.00 Å². The molecule has 0 N–H and O–H groups in total. The average molecular weight is 459 g/mol. The maximum atomic E-state index is 13.1. The first kappa shape index (κ1) is 22.5. The Morgan fingerprint density at radius 1 is 1.16 bits per heavy atom. The molecule has 31 heavy (non-hydrogen) atoms. The largest absolute Gasteiger partial charge is 0.493 e. The highest BCUT2D eigenvalue weighted by Gasteiger charge is 2.21. The van der Waals surface area contributed by atoms with Crippen molar-refractivity contribution in [1.29, 1.82) is 0 Å². The van der Waals surface area contributed by atoms with Crippen LogP contribution in [0, 0.1) is 10.1 Å². The van der Waals surface area contributed by atoms with E-state index >= 15 is 0 Å². The molecule has 1 aromatic heterocycles.